The maximum Gasteiger partial charge on any atom is 0.0811 e. The number of fused-ring (bicyclic) bond motifs is 3. The SMILES string of the molecule is C=C1/C(=C\C=C2/CCC[C@]3(C)[C@@H]([C@H](C)CCCC(C)(C)O)CC[C@@H]23)C[C@@H](O)C[C@@H]1O.C=C1CC[C@H](O)C/C1=C/C=C1\CCC[C@]2(C)[C@@H]([C@H](C)CCCC(C)(C)O)CC[C@@H]12.C=C1CC[C@H](O)C/C1=C/C=C1\CCC[C@]2(C)[C@@H]([C@H](C)CCCC(C)C)CC[C@@H]12. The first-order chi connectivity index (χ1) is 40.9. The van der Waals surface area contributed by atoms with E-state index in [2.05, 4.69) is 112 Å². The Kier molecular flexibility index (Phi) is 25.9. The van der Waals surface area contributed by atoms with Gasteiger partial charge in [0.15, 0.2) is 0 Å². The highest BCUT2D eigenvalue weighted by atomic mass is 16.3. The molecule has 492 valence electrons. The van der Waals surface area contributed by atoms with E-state index < -0.39 is 23.4 Å². The van der Waals surface area contributed by atoms with Crippen LogP contribution in [0.25, 0.3) is 0 Å². The molecule has 9 aliphatic rings. The largest absolute Gasteiger partial charge is 0.393 e. The Morgan fingerprint density at radius 2 is 0.793 bits per heavy atom. The molecule has 6 nitrogen and oxygen atoms in total. The van der Waals surface area contributed by atoms with Gasteiger partial charge in [0, 0.05) is 6.42 Å². The normalized spacial score (nSPS) is 37.9. The predicted octanol–water partition coefficient (Wildman–Crippen LogP) is 20.1. The van der Waals surface area contributed by atoms with Gasteiger partial charge in [-0.15, -0.1) is 0 Å². The van der Waals surface area contributed by atoms with Gasteiger partial charge in [-0.25, -0.2) is 0 Å². The van der Waals surface area contributed by atoms with Crippen LogP contribution in [0.4, 0.5) is 0 Å². The van der Waals surface area contributed by atoms with Crippen molar-refractivity contribution in [3.63, 3.8) is 0 Å². The topological polar surface area (TPSA) is 121 Å². The number of aliphatic hydroxyl groups is 6. The van der Waals surface area contributed by atoms with Gasteiger partial charge in [0.05, 0.1) is 35.6 Å². The number of hydrogen-bond donors (Lipinski definition) is 6. The van der Waals surface area contributed by atoms with Gasteiger partial charge in [-0.1, -0.05) is 184 Å². The van der Waals surface area contributed by atoms with Gasteiger partial charge in [-0.2, -0.15) is 0 Å². The highest BCUT2D eigenvalue weighted by Crippen LogP contribution is 2.63. The molecule has 0 unspecified atom stereocenters. The van der Waals surface area contributed by atoms with E-state index in [-0.39, 0.29) is 12.2 Å². The van der Waals surface area contributed by atoms with Crippen LogP contribution in [0, 0.1) is 75.4 Å². The molecule has 0 aromatic carbocycles. The molecule has 6 heteroatoms. The van der Waals surface area contributed by atoms with Crippen LogP contribution < -0.4 is 0 Å². The molecule has 16 atom stereocenters. The molecule has 0 spiro atoms. The summed E-state index contributed by atoms with van der Waals surface area (Å²) < 4.78 is 0. The Hall–Kier alpha value is -2.58. The number of hydrogen-bond acceptors (Lipinski definition) is 6. The minimum atomic E-state index is -0.615. The van der Waals surface area contributed by atoms with Crippen molar-refractivity contribution in [2.24, 2.45) is 75.4 Å². The summed E-state index contributed by atoms with van der Waals surface area (Å²) in [6.45, 7) is 40.0. The smallest absolute Gasteiger partial charge is 0.0811 e. The Balaban J connectivity index is 0.000000187. The molecule has 0 amide bonds. The lowest BCUT2D eigenvalue weighted by molar-refractivity contribution is 0.0590. The van der Waals surface area contributed by atoms with Gasteiger partial charge in [0.2, 0.25) is 0 Å². The number of allylic oxidation sites excluding steroid dienone is 11. The predicted molar refractivity (Wildman–Crippen MR) is 368 cm³/mol. The Bertz CT molecular complexity index is 2480. The van der Waals surface area contributed by atoms with Crippen LogP contribution in [0.3, 0.4) is 0 Å². The lowest BCUT2D eigenvalue weighted by Crippen LogP contribution is -2.36. The van der Waals surface area contributed by atoms with Gasteiger partial charge in [0.1, 0.15) is 0 Å². The first-order valence-corrected chi connectivity index (χ1v) is 36.3. The zero-order valence-corrected chi connectivity index (χ0v) is 58.0. The summed E-state index contributed by atoms with van der Waals surface area (Å²) in [6.07, 6.45) is 49.0. The zero-order valence-electron chi connectivity index (χ0n) is 58.0. The fraction of sp³-hybridized carbons (Fsp3) is 0.778. The molecule has 0 aromatic heterocycles. The van der Waals surface area contributed by atoms with Crippen molar-refractivity contribution < 1.29 is 30.6 Å². The van der Waals surface area contributed by atoms with Gasteiger partial charge >= 0.3 is 0 Å². The lowest BCUT2D eigenvalue weighted by Gasteiger charge is -2.44. The van der Waals surface area contributed by atoms with Gasteiger partial charge in [-0.3, -0.25) is 0 Å². The van der Waals surface area contributed by atoms with Crippen LogP contribution in [-0.4, -0.2) is 66.3 Å². The second-order valence-corrected chi connectivity index (χ2v) is 33.4. The highest BCUT2D eigenvalue weighted by Gasteiger charge is 2.53. The Labute approximate surface area is 533 Å². The molecule has 9 rings (SSSR count). The van der Waals surface area contributed by atoms with Crippen LogP contribution in [0.15, 0.2) is 106 Å². The van der Waals surface area contributed by atoms with Crippen LogP contribution in [-0.2, 0) is 0 Å². The standard InChI is InChI=1S/C27H44O3.C27H44O2.C27H44O/c1-18(8-6-14-26(3,4)30)23-12-13-24-20(9-7-15-27(23,24)5)10-11-21-16-22(28)17-25(29)19(21)2;1-19-10-13-23(28)18-22(19)12-11-21-9-7-17-27(5)24(14-15-25(21)27)20(2)8-6-16-26(3,4)29;1-19(2)8-6-9-21(4)25-15-16-26-22(10-7-17-27(25,26)5)12-13-23-18-24(28)14-11-20(23)3/h10-11,18,22-25,28-30H,2,6-9,12-17H2,1,3-5H3;11-12,20,23-25,28-29H,1,6-10,13-18H2,2-5H3;12-13,19,21,24-26,28H,3,6-11,14-18H2,1-2,4-5H3/b20-10+,21-11-;21-11+,22-12-;22-12+,23-13-/t18-,22-,23-,24+,25+,27-;20-,23+,24-,25+,27-;21-,24+,25-,26+,27-/m111/s1. The second-order valence-electron chi connectivity index (χ2n) is 33.4. The summed E-state index contributed by atoms with van der Waals surface area (Å²) in [5.41, 5.74) is 11.9. The average Bonchev–Trinajstić information content (AvgIpc) is 1.68. The lowest BCUT2D eigenvalue weighted by atomic mass is 9.60. The number of rotatable bonds is 18. The molecule has 0 heterocycles. The van der Waals surface area contributed by atoms with E-state index in [9.17, 15) is 30.6 Å². The minimum absolute atomic E-state index is 0.172. The summed E-state index contributed by atoms with van der Waals surface area (Å²) in [4.78, 5) is 0. The highest BCUT2D eigenvalue weighted by molar-refractivity contribution is 5.40. The molecule has 6 N–H and O–H groups in total. The first-order valence-electron chi connectivity index (χ1n) is 36.3. The van der Waals surface area contributed by atoms with E-state index in [0.717, 1.165) is 123 Å². The van der Waals surface area contributed by atoms with Crippen molar-refractivity contribution in [3.8, 4) is 0 Å². The molecule has 0 aliphatic heterocycles. The van der Waals surface area contributed by atoms with Crippen LogP contribution in [0.1, 0.15) is 289 Å². The van der Waals surface area contributed by atoms with E-state index in [1.807, 2.05) is 27.7 Å². The van der Waals surface area contributed by atoms with Gasteiger partial charge < -0.3 is 30.6 Å². The van der Waals surface area contributed by atoms with Crippen molar-refractivity contribution >= 4 is 0 Å². The Morgan fingerprint density at radius 1 is 0.448 bits per heavy atom. The molecular formula is C81H132O6. The molecule has 0 bridgehead atoms. The van der Waals surface area contributed by atoms with Crippen LogP contribution in [0.2, 0.25) is 0 Å². The van der Waals surface area contributed by atoms with E-state index in [1.165, 1.54) is 151 Å². The van der Waals surface area contributed by atoms with Crippen LogP contribution >= 0.6 is 0 Å². The van der Waals surface area contributed by atoms with E-state index in [1.54, 1.807) is 16.7 Å². The molecule has 9 fully saturated rings. The maximum absolute atomic E-state index is 10.1. The van der Waals surface area contributed by atoms with E-state index in [0.29, 0.717) is 40.9 Å². The van der Waals surface area contributed by atoms with Gasteiger partial charge in [-0.05, 0) is 280 Å². The second kappa shape index (κ2) is 31.4. The molecule has 0 radical (unpaired) electrons. The molecule has 0 aromatic rings. The minimum Gasteiger partial charge on any atom is -0.393 e. The van der Waals surface area contributed by atoms with Crippen molar-refractivity contribution in [2.75, 3.05) is 0 Å². The molecular weight excluding hydrogens is 1070 g/mol. The van der Waals surface area contributed by atoms with Gasteiger partial charge in [0.25, 0.3) is 0 Å². The summed E-state index contributed by atoms with van der Waals surface area (Å²) in [5.74, 6) is 7.73. The summed E-state index contributed by atoms with van der Waals surface area (Å²) >= 11 is 0. The maximum atomic E-state index is 10.1. The monoisotopic (exact) mass is 1200 g/mol. The molecule has 9 aliphatic carbocycles. The van der Waals surface area contributed by atoms with Crippen molar-refractivity contribution in [2.45, 2.75) is 324 Å². The van der Waals surface area contributed by atoms with Crippen molar-refractivity contribution in [1.82, 2.24) is 0 Å². The Morgan fingerprint density at radius 3 is 1.15 bits per heavy atom. The first kappa shape index (κ1) is 71.9. The summed E-state index contributed by atoms with van der Waals surface area (Å²) in [6, 6.07) is 0. The third kappa shape index (κ3) is 19.0. The van der Waals surface area contributed by atoms with Crippen LogP contribution in [0.5, 0.6) is 0 Å². The third-order valence-corrected chi connectivity index (χ3v) is 25.2. The van der Waals surface area contributed by atoms with Crippen molar-refractivity contribution in [3.05, 3.63) is 106 Å². The third-order valence-electron chi connectivity index (χ3n) is 25.2. The molecule has 0 saturated heterocycles. The zero-order chi connectivity index (χ0) is 63.6. The quantitative estimate of drug-likeness (QED) is 0.0813. The number of aliphatic hydroxyl groups excluding tert-OH is 4. The van der Waals surface area contributed by atoms with E-state index in [4.69, 9.17) is 0 Å². The molecule has 9 saturated carbocycles. The van der Waals surface area contributed by atoms with Crippen molar-refractivity contribution in [1.29, 1.82) is 0 Å². The average molecular weight is 1200 g/mol. The fourth-order valence-corrected chi connectivity index (χ4v) is 20.1. The summed E-state index contributed by atoms with van der Waals surface area (Å²) in [5, 5.41) is 60.3. The molecule has 87 heavy (non-hydrogen) atoms. The fourth-order valence-electron chi connectivity index (χ4n) is 20.1. The van der Waals surface area contributed by atoms with E-state index >= 15 is 0 Å². The summed E-state index contributed by atoms with van der Waals surface area (Å²) in [7, 11) is 0.